The Morgan fingerprint density at radius 3 is 2.57 bits per heavy atom. The lowest BCUT2D eigenvalue weighted by Crippen LogP contribution is -2.03. The molecule has 0 atom stereocenters. The molecular weight excluding hydrogens is 365 g/mol. The smallest absolute Gasteiger partial charge is 0.399 e. The molecule has 2 nitrogen and oxygen atoms in total. The first-order valence-electron chi connectivity index (χ1n) is 5.88. The quantitative estimate of drug-likeness (QED) is 0.586. The third-order valence-corrected chi connectivity index (χ3v) is 4.70. The molecule has 0 bridgehead atoms. The van der Waals surface area contributed by atoms with Crippen molar-refractivity contribution in [2.45, 2.75) is 6.18 Å². The topological polar surface area (TPSA) is 38.9 Å². The number of hydrogen-bond acceptors (Lipinski definition) is 3. The summed E-state index contributed by atoms with van der Waals surface area (Å²) >= 11 is 4.73. The number of rotatable bonds is 1. The Balaban J connectivity index is 2.15. The van der Waals surface area contributed by atoms with Crippen molar-refractivity contribution in [3.8, 4) is 10.6 Å². The van der Waals surface area contributed by atoms with E-state index in [9.17, 15) is 13.2 Å². The molecule has 1 heterocycles. The van der Waals surface area contributed by atoms with Crippen LogP contribution in [0.4, 0.5) is 18.9 Å². The monoisotopic (exact) mass is 372 g/mol. The summed E-state index contributed by atoms with van der Waals surface area (Å²) in [5, 5.41) is 0.628. The number of aromatic nitrogens is 1. The van der Waals surface area contributed by atoms with Crippen molar-refractivity contribution < 1.29 is 13.2 Å². The lowest BCUT2D eigenvalue weighted by Gasteiger charge is -2.04. The Hall–Kier alpha value is -1.60. The molecule has 0 saturated heterocycles. The van der Waals surface area contributed by atoms with Gasteiger partial charge in [-0.05, 0) is 36.4 Å². The summed E-state index contributed by atoms with van der Waals surface area (Å²) in [6.45, 7) is 0. The molecule has 0 aliphatic rings. The van der Waals surface area contributed by atoms with E-state index in [1.165, 1.54) is 17.4 Å². The van der Waals surface area contributed by atoms with E-state index < -0.39 is 11.7 Å². The highest BCUT2D eigenvalue weighted by molar-refractivity contribution is 9.10. The minimum atomic E-state index is -4.37. The molecule has 2 aromatic carbocycles. The van der Waals surface area contributed by atoms with Crippen LogP contribution < -0.4 is 5.73 Å². The van der Waals surface area contributed by atoms with Crippen molar-refractivity contribution in [2.24, 2.45) is 0 Å². The first kappa shape index (κ1) is 14.3. The van der Waals surface area contributed by atoms with Crippen LogP contribution in [0.3, 0.4) is 0 Å². The van der Waals surface area contributed by atoms with Crippen molar-refractivity contribution in [3.63, 3.8) is 0 Å². The van der Waals surface area contributed by atoms with Crippen molar-refractivity contribution in [3.05, 3.63) is 46.4 Å². The molecule has 2 N–H and O–H groups in total. The third-order valence-electron chi connectivity index (χ3n) is 2.94. The predicted octanol–water partition coefficient (Wildman–Crippen LogP) is 5.33. The van der Waals surface area contributed by atoms with Gasteiger partial charge in [-0.15, -0.1) is 11.3 Å². The Bertz CT molecular complexity index is 827. The van der Waals surface area contributed by atoms with Gasteiger partial charge in [0, 0.05) is 15.7 Å². The van der Waals surface area contributed by atoms with E-state index in [-0.39, 0.29) is 0 Å². The van der Waals surface area contributed by atoms with E-state index in [2.05, 4.69) is 20.9 Å². The lowest BCUT2D eigenvalue weighted by atomic mass is 10.2. The first-order valence-corrected chi connectivity index (χ1v) is 7.49. The fourth-order valence-corrected chi connectivity index (χ4v) is 3.47. The minimum Gasteiger partial charge on any atom is -0.399 e. The van der Waals surface area contributed by atoms with Crippen molar-refractivity contribution in [1.29, 1.82) is 0 Å². The van der Waals surface area contributed by atoms with Crippen LogP contribution in [0.2, 0.25) is 0 Å². The standard InChI is InChI=1S/C14H8BrF3N2S/c15-10-3-2-8(19)6-9(10)13-20-11-5-7(14(16,17)18)1-4-12(11)21-13/h1-6H,19H2. The maximum Gasteiger partial charge on any atom is 0.416 e. The van der Waals surface area contributed by atoms with Crippen LogP contribution in [-0.4, -0.2) is 4.98 Å². The summed E-state index contributed by atoms with van der Waals surface area (Å²) in [6, 6.07) is 8.85. The van der Waals surface area contributed by atoms with Crippen LogP contribution in [0.1, 0.15) is 5.56 Å². The number of nitrogens with two attached hydrogens (primary N) is 1. The van der Waals surface area contributed by atoms with E-state index in [0.29, 0.717) is 20.9 Å². The molecule has 1 aromatic heterocycles. The second-order valence-electron chi connectivity index (χ2n) is 4.44. The average Bonchev–Trinajstić information content (AvgIpc) is 2.83. The van der Waals surface area contributed by atoms with Gasteiger partial charge >= 0.3 is 6.18 Å². The zero-order valence-corrected chi connectivity index (χ0v) is 12.8. The van der Waals surface area contributed by atoms with Crippen molar-refractivity contribution in [2.75, 3.05) is 5.73 Å². The molecule has 3 aromatic rings. The number of halogens is 4. The Morgan fingerprint density at radius 2 is 1.86 bits per heavy atom. The average molecular weight is 373 g/mol. The third kappa shape index (κ3) is 2.75. The molecule has 0 amide bonds. The van der Waals surface area contributed by atoms with Crippen molar-refractivity contribution >= 4 is 43.2 Å². The van der Waals surface area contributed by atoms with Gasteiger partial charge in [0.1, 0.15) is 5.01 Å². The first-order chi connectivity index (χ1) is 9.84. The molecule has 7 heteroatoms. The van der Waals surface area contributed by atoms with Gasteiger partial charge in [0.15, 0.2) is 0 Å². The molecule has 21 heavy (non-hydrogen) atoms. The summed E-state index contributed by atoms with van der Waals surface area (Å²) in [5.41, 5.74) is 6.73. The second kappa shape index (κ2) is 4.99. The number of fused-ring (bicyclic) bond motifs is 1. The molecule has 0 saturated carbocycles. The summed E-state index contributed by atoms with van der Waals surface area (Å²) in [4.78, 5) is 4.29. The Labute approximate surface area is 130 Å². The van der Waals surface area contributed by atoms with Crippen LogP contribution in [0.25, 0.3) is 20.8 Å². The van der Waals surface area contributed by atoms with Gasteiger partial charge in [0.25, 0.3) is 0 Å². The number of anilines is 1. The van der Waals surface area contributed by atoms with Crippen LogP contribution in [0.15, 0.2) is 40.9 Å². The van der Waals surface area contributed by atoms with Gasteiger partial charge in [-0.25, -0.2) is 4.98 Å². The number of benzene rings is 2. The normalized spacial score (nSPS) is 12.0. The van der Waals surface area contributed by atoms with Crippen LogP contribution in [0, 0.1) is 0 Å². The van der Waals surface area contributed by atoms with Crippen LogP contribution in [0.5, 0.6) is 0 Å². The zero-order valence-electron chi connectivity index (χ0n) is 10.4. The number of thiazole rings is 1. The molecule has 0 unspecified atom stereocenters. The Kier molecular flexibility index (Phi) is 3.41. The Morgan fingerprint density at radius 1 is 1.10 bits per heavy atom. The highest BCUT2D eigenvalue weighted by Crippen LogP contribution is 2.38. The lowest BCUT2D eigenvalue weighted by molar-refractivity contribution is -0.137. The molecule has 0 aliphatic carbocycles. The second-order valence-corrected chi connectivity index (χ2v) is 6.32. The summed E-state index contributed by atoms with van der Waals surface area (Å²) in [7, 11) is 0. The van der Waals surface area contributed by atoms with Gasteiger partial charge in [-0.2, -0.15) is 13.2 Å². The van der Waals surface area contributed by atoms with Gasteiger partial charge in [0.05, 0.1) is 15.8 Å². The molecular formula is C14H8BrF3N2S. The highest BCUT2D eigenvalue weighted by atomic mass is 79.9. The molecule has 0 aliphatic heterocycles. The minimum absolute atomic E-state index is 0.333. The summed E-state index contributed by atoms with van der Waals surface area (Å²) in [5.74, 6) is 0. The van der Waals surface area contributed by atoms with Gasteiger partial charge in [-0.3, -0.25) is 0 Å². The fourth-order valence-electron chi connectivity index (χ4n) is 1.93. The van der Waals surface area contributed by atoms with E-state index in [4.69, 9.17) is 5.73 Å². The molecule has 0 fully saturated rings. The van der Waals surface area contributed by atoms with Gasteiger partial charge < -0.3 is 5.73 Å². The maximum atomic E-state index is 12.7. The molecule has 0 spiro atoms. The van der Waals surface area contributed by atoms with E-state index in [1.807, 2.05) is 0 Å². The molecule has 3 rings (SSSR count). The number of nitrogen functional groups attached to an aromatic ring is 1. The van der Waals surface area contributed by atoms with Crippen LogP contribution >= 0.6 is 27.3 Å². The van der Waals surface area contributed by atoms with Gasteiger partial charge in [0.2, 0.25) is 0 Å². The zero-order chi connectivity index (χ0) is 15.2. The summed E-state index contributed by atoms with van der Waals surface area (Å²) in [6.07, 6.45) is -4.37. The van der Waals surface area contributed by atoms with Crippen LogP contribution in [-0.2, 0) is 6.18 Å². The SMILES string of the molecule is Nc1ccc(Br)c(-c2nc3cc(C(F)(F)F)ccc3s2)c1. The fraction of sp³-hybridized carbons (Fsp3) is 0.0714. The highest BCUT2D eigenvalue weighted by Gasteiger charge is 2.30. The van der Waals surface area contributed by atoms with Crippen molar-refractivity contribution in [1.82, 2.24) is 4.98 Å². The number of nitrogens with zero attached hydrogens (tertiary/aromatic N) is 1. The largest absolute Gasteiger partial charge is 0.416 e. The molecule has 108 valence electrons. The predicted molar refractivity (Wildman–Crippen MR) is 82.2 cm³/mol. The number of alkyl halides is 3. The summed E-state index contributed by atoms with van der Waals surface area (Å²) < 4.78 is 39.6. The maximum absolute atomic E-state index is 12.7. The van der Waals surface area contributed by atoms with E-state index in [1.54, 1.807) is 18.2 Å². The van der Waals surface area contributed by atoms with E-state index in [0.717, 1.165) is 22.2 Å². The van der Waals surface area contributed by atoms with Gasteiger partial charge in [-0.1, -0.05) is 15.9 Å². The molecule has 0 radical (unpaired) electrons. The van der Waals surface area contributed by atoms with E-state index >= 15 is 0 Å². The number of hydrogen-bond donors (Lipinski definition) is 1.